The Kier molecular flexibility index (Phi) is 9.01. The first-order chi connectivity index (χ1) is 10.5. The molecule has 1 rings (SSSR count). The van der Waals surface area contributed by atoms with Gasteiger partial charge in [-0.05, 0) is 51.9 Å². The van der Waals surface area contributed by atoms with Crippen molar-refractivity contribution in [2.75, 3.05) is 19.6 Å². The molecule has 22 heavy (non-hydrogen) atoms. The maximum atomic E-state index is 12.0. The summed E-state index contributed by atoms with van der Waals surface area (Å²) >= 11 is 0. The molecule has 3 nitrogen and oxygen atoms in total. The van der Waals surface area contributed by atoms with Gasteiger partial charge in [-0.15, -0.1) is 0 Å². The normalized spacial score (nSPS) is 16.4. The summed E-state index contributed by atoms with van der Waals surface area (Å²) in [6.45, 7) is 3.97. The third-order valence-corrected chi connectivity index (χ3v) is 3.61. The van der Waals surface area contributed by atoms with E-state index in [2.05, 4.69) is 21.7 Å². The Hall–Kier alpha value is -1.20. The highest BCUT2D eigenvalue weighted by Crippen LogP contribution is 2.22. The van der Waals surface area contributed by atoms with Gasteiger partial charge in [0.2, 0.25) is 0 Å². The lowest BCUT2D eigenvalue weighted by atomic mass is 9.97. The Morgan fingerprint density at radius 2 is 2.05 bits per heavy atom. The number of hydrogen-bond donors (Lipinski definition) is 2. The zero-order chi connectivity index (χ0) is 16.3. The summed E-state index contributed by atoms with van der Waals surface area (Å²) in [5, 5.41) is 6.38. The van der Waals surface area contributed by atoms with Gasteiger partial charge in [0, 0.05) is 26.1 Å². The summed E-state index contributed by atoms with van der Waals surface area (Å²) in [5.74, 6) is 0.700. The number of alkyl halides is 3. The maximum absolute atomic E-state index is 12.0. The van der Waals surface area contributed by atoms with Crippen LogP contribution in [0.25, 0.3) is 0 Å². The van der Waals surface area contributed by atoms with Crippen LogP contribution in [0.1, 0.15) is 58.3 Å². The van der Waals surface area contributed by atoms with Gasteiger partial charge in [0.15, 0.2) is 5.96 Å². The van der Waals surface area contributed by atoms with Crippen LogP contribution in [-0.4, -0.2) is 31.8 Å². The molecule has 1 aliphatic carbocycles. The number of nitrogens with one attached hydrogen (secondary N) is 2. The average molecular weight is 319 g/mol. The predicted octanol–water partition coefficient (Wildman–Crippen LogP) is 4.16. The summed E-state index contributed by atoms with van der Waals surface area (Å²) in [4.78, 5) is 4.32. The molecule has 0 saturated heterocycles. The second-order valence-electron chi connectivity index (χ2n) is 5.62. The number of guanidine groups is 1. The molecule has 0 atom stereocenters. The molecule has 0 bridgehead atoms. The fraction of sp³-hybridized carbons (Fsp3) is 0.812. The van der Waals surface area contributed by atoms with E-state index in [0.717, 1.165) is 19.5 Å². The molecule has 2 N–H and O–H groups in total. The fourth-order valence-electron chi connectivity index (χ4n) is 2.44. The molecule has 1 aliphatic rings. The van der Waals surface area contributed by atoms with Crippen LogP contribution in [0.3, 0.4) is 0 Å². The Balaban J connectivity index is 2.22. The molecule has 0 unspecified atom stereocenters. The zero-order valence-electron chi connectivity index (χ0n) is 13.4. The minimum Gasteiger partial charge on any atom is -0.357 e. The first-order valence-electron chi connectivity index (χ1n) is 8.28. The van der Waals surface area contributed by atoms with Gasteiger partial charge in [-0.25, -0.2) is 0 Å². The van der Waals surface area contributed by atoms with E-state index in [9.17, 15) is 13.2 Å². The SMILES string of the molecule is CCNC(=NCCCCC(F)(F)F)NCCC1=CCCCC1. The van der Waals surface area contributed by atoms with E-state index in [1.807, 2.05) is 6.92 Å². The van der Waals surface area contributed by atoms with Crippen LogP contribution in [0.2, 0.25) is 0 Å². The van der Waals surface area contributed by atoms with Crippen molar-refractivity contribution in [2.45, 2.75) is 64.5 Å². The lowest BCUT2D eigenvalue weighted by Gasteiger charge is -2.15. The molecule has 0 aromatic carbocycles. The van der Waals surface area contributed by atoms with Crippen molar-refractivity contribution in [3.8, 4) is 0 Å². The highest BCUT2D eigenvalue weighted by atomic mass is 19.4. The molecular weight excluding hydrogens is 291 g/mol. The average Bonchev–Trinajstić information content (AvgIpc) is 2.47. The van der Waals surface area contributed by atoms with Crippen molar-refractivity contribution in [1.82, 2.24) is 10.6 Å². The second kappa shape index (κ2) is 10.5. The summed E-state index contributed by atoms with van der Waals surface area (Å²) in [7, 11) is 0. The summed E-state index contributed by atoms with van der Waals surface area (Å²) in [5.41, 5.74) is 1.50. The molecule has 0 heterocycles. The molecule has 0 aliphatic heterocycles. The van der Waals surface area contributed by atoms with Gasteiger partial charge in [-0.2, -0.15) is 13.2 Å². The standard InChI is InChI=1S/C16H28F3N3/c1-2-20-15(21-12-7-6-11-16(17,18)19)22-13-10-14-8-4-3-5-9-14/h8H,2-7,9-13H2,1H3,(H2,20,21,22). The molecule has 0 amide bonds. The lowest BCUT2D eigenvalue weighted by Crippen LogP contribution is -2.38. The monoisotopic (exact) mass is 319 g/mol. The van der Waals surface area contributed by atoms with Crippen molar-refractivity contribution in [3.63, 3.8) is 0 Å². The van der Waals surface area contributed by atoms with Crippen molar-refractivity contribution in [2.24, 2.45) is 4.99 Å². The number of hydrogen-bond acceptors (Lipinski definition) is 1. The third kappa shape index (κ3) is 9.68. The zero-order valence-corrected chi connectivity index (χ0v) is 13.4. The molecule has 0 fully saturated rings. The van der Waals surface area contributed by atoms with Crippen molar-refractivity contribution in [3.05, 3.63) is 11.6 Å². The van der Waals surface area contributed by atoms with Gasteiger partial charge in [-0.3, -0.25) is 4.99 Å². The van der Waals surface area contributed by atoms with Gasteiger partial charge >= 0.3 is 6.18 Å². The molecule has 0 aromatic heterocycles. The molecule has 6 heteroatoms. The summed E-state index contributed by atoms with van der Waals surface area (Å²) < 4.78 is 36.1. The maximum Gasteiger partial charge on any atom is 0.389 e. The van der Waals surface area contributed by atoms with Crippen LogP contribution >= 0.6 is 0 Å². The number of aliphatic imine (C=N–C) groups is 1. The van der Waals surface area contributed by atoms with Gasteiger partial charge in [0.25, 0.3) is 0 Å². The van der Waals surface area contributed by atoms with Gasteiger partial charge in [0.1, 0.15) is 0 Å². The highest BCUT2D eigenvalue weighted by Gasteiger charge is 2.25. The summed E-state index contributed by atoms with van der Waals surface area (Å²) in [6, 6.07) is 0. The fourth-order valence-corrected chi connectivity index (χ4v) is 2.44. The second-order valence-corrected chi connectivity index (χ2v) is 5.62. The van der Waals surface area contributed by atoms with E-state index in [4.69, 9.17) is 0 Å². The van der Waals surface area contributed by atoms with Crippen LogP contribution in [0.5, 0.6) is 0 Å². The number of nitrogens with zero attached hydrogens (tertiary/aromatic N) is 1. The van der Waals surface area contributed by atoms with Crippen molar-refractivity contribution < 1.29 is 13.2 Å². The first kappa shape index (κ1) is 18.8. The van der Waals surface area contributed by atoms with Crippen molar-refractivity contribution >= 4 is 5.96 Å². The first-order valence-corrected chi connectivity index (χ1v) is 8.28. The lowest BCUT2D eigenvalue weighted by molar-refractivity contribution is -0.135. The quantitative estimate of drug-likeness (QED) is 0.305. The number of unbranched alkanes of at least 4 members (excludes halogenated alkanes) is 1. The predicted molar refractivity (Wildman–Crippen MR) is 85.1 cm³/mol. The highest BCUT2D eigenvalue weighted by molar-refractivity contribution is 5.79. The number of halogens is 3. The van der Waals surface area contributed by atoms with Crippen LogP contribution in [0, 0.1) is 0 Å². The Labute approximate surface area is 131 Å². The van der Waals surface area contributed by atoms with E-state index in [1.54, 1.807) is 0 Å². The van der Waals surface area contributed by atoms with Crippen LogP contribution in [-0.2, 0) is 0 Å². The van der Waals surface area contributed by atoms with Gasteiger partial charge in [-0.1, -0.05) is 11.6 Å². The smallest absolute Gasteiger partial charge is 0.357 e. The third-order valence-electron chi connectivity index (χ3n) is 3.61. The van der Waals surface area contributed by atoms with E-state index < -0.39 is 12.6 Å². The van der Waals surface area contributed by atoms with Crippen LogP contribution < -0.4 is 10.6 Å². The molecular formula is C16H28F3N3. The minimum atomic E-state index is -4.06. The Morgan fingerprint density at radius 3 is 2.68 bits per heavy atom. The van der Waals surface area contributed by atoms with E-state index in [1.165, 1.54) is 31.3 Å². The van der Waals surface area contributed by atoms with E-state index in [-0.39, 0.29) is 6.42 Å². The molecule has 0 aromatic rings. The minimum absolute atomic E-state index is 0.138. The Bertz CT molecular complexity index is 362. The van der Waals surface area contributed by atoms with Crippen LogP contribution in [0.15, 0.2) is 16.6 Å². The molecule has 0 radical (unpaired) electrons. The molecule has 128 valence electrons. The summed E-state index contributed by atoms with van der Waals surface area (Å²) in [6.07, 6.45) is 4.10. The van der Waals surface area contributed by atoms with Gasteiger partial charge < -0.3 is 10.6 Å². The Morgan fingerprint density at radius 1 is 1.23 bits per heavy atom. The van der Waals surface area contributed by atoms with E-state index in [0.29, 0.717) is 18.9 Å². The van der Waals surface area contributed by atoms with Gasteiger partial charge in [0.05, 0.1) is 0 Å². The molecule has 0 spiro atoms. The topological polar surface area (TPSA) is 36.4 Å². The van der Waals surface area contributed by atoms with E-state index >= 15 is 0 Å². The largest absolute Gasteiger partial charge is 0.389 e. The number of allylic oxidation sites excluding steroid dienone is 1. The van der Waals surface area contributed by atoms with Crippen LogP contribution in [0.4, 0.5) is 13.2 Å². The van der Waals surface area contributed by atoms with Crippen molar-refractivity contribution in [1.29, 1.82) is 0 Å². The molecule has 0 saturated carbocycles. The number of rotatable bonds is 8.